The number of aromatic nitrogens is 2. The summed E-state index contributed by atoms with van der Waals surface area (Å²) in [4.78, 5) is 16.8. The van der Waals surface area contributed by atoms with Crippen LogP contribution in [-0.2, 0) is 17.7 Å². The molecule has 3 rings (SSSR count). The summed E-state index contributed by atoms with van der Waals surface area (Å²) in [6.07, 6.45) is 2.91. The molecule has 1 N–H and O–H groups in total. The fourth-order valence-electron chi connectivity index (χ4n) is 3.21. The molecule has 1 aromatic carbocycles. The quantitative estimate of drug-likeness (QED) is 0.849. The Bertz CT molecular complexity index is 889. The highest BCUT2D eigenvalue weighted by molar-refractivity contribution is 6.33. The Kier molecular flexibility index (Phi) is 5.86. The molecule has 1 aromatic heterocycles. The van der Waals surface area contributed by atoms with Gasteiger partial charge in [-0.05, 0) is 42.9 Å². The Morgan fingerprint density at radius 1 is 1.41 bits per heavy atom. The van der Waals surface area contributed by atoms with Crippen LogP contribution in [0.25, 0.3) is 0 Å². The second kappa shape index (κ2) is 7.98. The van der Waals surface area contributed by atoms with Crippen molar-refractivity contribution < 1.29 is 13.9 Å². The van der Waals surface area contributed by atoms with Crippen LogP contribution in [0.3, 0.4) is 0 Å². The molecule has 0 saturated carbocycles. The van der Waals surface area contributed by atoms with E-state index in [9.17, 15) is 9.18 Å². The second-order valence-corrected chi connectivity index (χ2v) is 8.57. The topological polar surface area (TPSA) is 59.4 Å². The predicted molar refractivity (Wildman–Crippen MR) is 102 cm³/mol. The molecule has 1 aliphatic rings. The van der Waals surface area contributed by atoms with Gasteiger partial charge in [-0.2, -0.15) is 4.99 Å². The van der Waals surface area contributed by atoms with Crippen molar-refractivity contribution in [3.05, 3.63) is 51.9 Å². The van der Waals surface area contributed by atoms with Gasteiger partial charge in [0.15, 0.2) is 5.49 Å². The fraction of sp³-hybridized carbons (Fsp3) is 0.500. The SMILES string of the molecule is CC(C)(C)Cc1cc(=NC(=O)c2cc(F)ccc2Cl)n(C[C@H]2CCCO2)[nH]1. The largest absolute Gasteiger partial charge is 0.376 e. The van der Waals surface area contributed by atoms with Crippen LogP contribution in [0, 0.1) is 11.2 Å². The van der Waals surface area contributed by atoms with Crippen LogP contribution in [0.2, 0.25) is 5.02 Å². The molecule has 7 heteroatoms. The number of halogens is 2. The number of nitrogens with zero attached hydrogens (tertiary/aromatic N) is 2. The van der Waals surface area contributed by atoms with Gasteiger partial charge in [-0.15, -0.1) is 0 Å². The van der Waals surface area contributed by atoms with Crippen molar-refractivity contribution in [3.8, 4) is 0 Å². The fourth-order valence-corrected chi connectivity index (χ4v) is 3.41. The maximum atomic E-state index is 13.5. The number of H-pyrrole nitrogens is 1. The van der Waals surface area contributed by atoms with Gasteiger partial charge in [-0.3, -0.25) is 9.48 Å². The van der Waals surface area contributed by atoms with E-state index in [-0.39, 0.29) is 22.1 Å². The zero-order chi connectivity index (χ0) is 19.6. The summed E-state index contributed by atoms with van der Waals surface area (Å²) >= 11 is 6.04. The van der Waals surface area contributed by atoms with Gasteiger partial charge in [0, 0.05) is 18.4 Å². The van der Waals surface area contributed by atoms with Gasteiger partial charge < -0.3 is 9.84 Å². The number of carbonyl (C=O) groups is 1. The van der Waals surface area contributed by atoms with Crippen LogP contribution in [0.15, 0.2) is 29.3 Å². The van der Waals surface area contributed by atoms with E-state index in [1.807, 2.05) is 10.7 Å². The number of benzene rings is 1. The Labute approximate surface area is 163 Å². The monoisotopic (exact) mass is 393 g/mol. The first-order valence-corrected chi connectivity index (χ1v) is 9.53. The standard InChI is InChI=1S/C20H25ClFN3O2/c1-20(2,3)11-14-10-18(25(24-14)12-15-5-4-8-27-15)23-19(26)16-9-13(22)6-7-17(16)21/h6-7,9-10,15,24H,4-5,8,11-12H2,1-3H3/t15-/m1/s1. The molecule has 0 radical (unpaired) electrons. The lowest BCUT2D eigenvalue weighted by molar-refractivity contribution is 0.0917. The molecule has 1 fully saturated rings. The number of amides is 1. The molecular weight excluding hydrogens is 369 g/mol. The van der Waals surface area contributed by atoms with Crippen molar-refractivity contribution in [2.75, 3.05) is 6.61 Å². The zero-order valence-electron chi connectivity index (χ0n) is 15.9. The molecule has 0 spiro atoms. The Morgan fingerprint density at radius 2 is 2.19 bits per heavy atom. The van der Waals surface area contributed by atoms with Crippen molar-refractivity contribution >= 4 is 17.5 Å². The number of carbonyl (C=O) groups excluding carboxylic acids is 1. The van der Waals surface area contributed by atoms with Gasteiger partial charge in [0.25, 0.3) is 5.91 Å². The van der Waals surface area contributed by atoms with Gasteiger partial charge in [0.05, 0.1) is 23.2 Å². The lowest BCUT2D eigenvalue weighted by atomic mass is 9.91. The third-order valence-corrected chi connectivity index (χ3v) is 4.69. The minimum atomic E-state index is -0.568. The van der Waals surface area contributed by atoms with Crippen LogP contribution >= 0.6 is 11.6 Å². The van der Waals surface area contributed by atoms with Crippen molar-refractivity contribution in [1.82, 2.24) is 9.78 Å². The van der Waals surface area contributed by atoms with Crippen LogP contribution in [-0.4, -0.2) is 28.4 Å². The summed E-state index contributed by atoms with van der Waals surface area (Å²) in [5.74, 6) is -1.09. The van der Waals surface area contributed by atoms with Crippen molar-refractivity contribution in [3.63, 3.8) is 0 Å². The van der Waals surface area contributed by atoms with Gasteiger partial charge in [-0.1, -0.05) is 32.4 Å². The minimum absolute atomic E-state index is 0.0545. The molecule has 5 nitrogen and oxygen atoms in total. The van der Waals surface area contributed by atoms with Crippen LogP contribution in [0.4, 0.5) is 4.39 Å². The van der Waals surface area contributed by atoms with E-state index < -0.39 is 11.7 Å². The van der Waals surface area contributed by atoms with Gasteiger partial charge in [0.2, 0.25) is 0 Å². The van der Waals surface area contributed by atoms with Crippen molar-refractivity contribution in [2.45, 2.75) is 52.7 Å². The predicted octanol–water partition coefficient (Wildman–Crippen LogP) is 4.12. The lowest BCUT2D eigenvalue weighted by Gasteiger charge is -2.16. The Morgan fingerprint density at radius 3 is 2.85 bits per heavy atom. The summed E-state index contributed by atoms with van der Waals surface area (Å²) in [5.41, 5.74) is 1.62. The van der Waals surface area contributed by atoms with Gasteiger partial charge in [0.1, 0.15) is 5.82 Å². The zero-order valence-corrected chi connectivity index (χ0v) is 16.6. The summed E-state index contributed by atoms with van der Waals surface area (Å²) in [6, 6.07) is 5.56. The molecule has 0 aliphatic carbocycles. The van der Waals surface area contributed by atoms with E-state index in [1.165, 1.54) is 12.1 Å². The number of nitrogens with one attached hydrogen (secondary N) is 1. The maximum Gasteiger partial charge on any atom is 0.280 e. The summed E-state index contributed by atoms with van der Waals surface area (Å²) < 4.78 is 21.0. The first kappa shape index (κ1) is 19.8. The highest BCUT2D eigenvalue weighted by Gasteiger charge is 2.19. The van der Waals surface area contributed by atoms with Gasteiger partial charge in [-0.25, -0.2) is 4.39 Å². The highest BCUT2D eigenvalue weighted by atomic mass is 35.5. The summed E-state index contributed by atoms with van der Waals surface area (Å²) in [7, 11) is 0. The molecule has 1 amide bonds. The number of ether oxygens (including phenoxy) is 1. The first-order chi connectivity index (χ1) is 12.7. The molecule has 0 unspecified atom stereocenters. The third kappa shape index (κ3) is 5.30. The minimum Gasteiger partial charge on any atom is -0.376 e. The number of hydrogen-bond acceptors (Lipinski definition) is 2. The number of aromatic amines is 1. The molecule has 1 aliphatic heterocycles. The molecule has 2 heterocycles. The lowest BCUT2D eigenvalue weighted by Crippen LogP contribution is -2.26. The molecule has 27 heavy (non-hydrogen) atoms. The molecule has 1 saturated heterocycles. The second-order valence-electron chi connectivity index (χ2n) is 8.16. The summed E-state index contributed by atoms with van der Waals surface area (Å²) in [6.45, 7) is 7.78. The van der Waals surface area contributed by atoms with E-state index in [0.717, 1.165) is 37.6 Å². The molecular formula is C20H25ClFN3O2. The summed E-state index contributed by atoms with van der Waals surface area (Å²) in [5, 5.41) is 3.51. The van der Waals surface area contributed by atoms with E-state index in [2.05, 4.69) is 30.9 Å². The smallest absolute Gasteiger partial charge is 0.280 e. The van der Waals surface area contributed by atoms with E-state index >= 15 is 0 Å². The van der Waals surface area contributed by atoms with Crippen LogP contribution in [0.1, 0.15) is 49.7 Å². The first-order valence-electron chi connectivity index (χ1n) is 9.16. The van der Waals surface area contributed by atoms with E-state index in [1.54, 1.807) is 0 Å². The molecule has 0 bridgehead atoms. The maximum absolute atomic E-state index is 13.5. The number of hydrogen-bond donors (Lipinski definition) is 1. The average Bonchev–Trinajstić information content (AvgIpc) is 3.19. The molecule has 1 atom stereocenters. The highest BCUT2D eigenvalue weighted by Crippen LogP contribution is 2.20. The normalized spacial score (nSPS) is 18.3. The Hall–Kier alpha value is -1.92. The van der Waals surface area contributed by atoms with Crippen LogP contribution in [0.5, 0.6) is 0 Å². The third-order valence-electron chi connectivity index (χ3n) is 4.36. The van der Waals surface area contributed by atoms with Crippen LogP contribution < -0.4 is 5.49 Å². The van der Waals surface area contributed by atoms with E-state index in [0.29, 0.717) is 12.0 Å². The number of rotatable bonds is 4. The molecule has 2 aromatic rings. The van der Waals surface area contributed by atoms with Gasteiger partial charge >= 0.3 is 0 Å². The average molecular weight is 394 g/mol. The van der Waals surface area contributed by atoms with Crippen molar-refractivity contribution in [1.29, 1.82) is 0 Å². The molecule has 146 valence electrons. The Balaban J connectivity index is 1.96. The van der Waals surface area contributed by atoms with E-state index in [4.69, 9.17) is 16.3 Å². The van der Waals surface area contributed by atoms with Crippen molar-refractivity contribution in [2.24, 2.45) is 10.4 Å².